The van der Waals surface area contributed by atoms with Crippen molar-refractivity contribution in [2.45, 2.75) is 6.92 Å². The molecular weight excluding hydrogens is 250 g/mol. The third kappa shape index (κ3) is 2.12. The van der Waals surface area contributed by atoms with E-state index in [0.717, 1.165) is 23.1 Å². The molecule has 2 aromatic heterocycles. The fourth-order valence-corrected chi connectivity index (χ4v) is 2.14. The van der Waals surface area contributed by atoms with Gasteiger partial charge in [-0.2, -0.15) is 5.10 Å². The van der Waals surface area contributed by atoms with Crippen LogP contribution in [0.1, 0.15) is 15.9 Å². The van der Waals surface area contributed by atoms with Crippen LogP contribution < -0.4 is 0 Å². The van der Waals surface area contributed by atoms with Gasteiger partial charge in [0.1, 0.15) is 5.69 Å². The largest absolute Gasteiger partial charge is 0.298 e. The van der Waals surface area contributed by atoms with Crippen LogP contribution >= 0.6 is 0 Å². The van der Waals surface area contributed by atoms with E-state index in [2.05, 4.69) is 10.1 Å². The average molecular weight is 263 g/mol. The molecule has 1 aromatic carbocycles. The lowest BCUT2D eigenvalue weighted by atomic mass is 10.1. The molecule has 0 aliphatic heterocycles. The van der Waals surface area contributed by atoms with E-state index in [-0.39, 0.29) is 0 Å². The lowest BCUT2D eigenvalue weighted by Crippen LogP contribution is -1.97. The molecule has 0 aliphatic rings. The first-order valence-electron chi connectivity index (χ1n) is 6.31. The minimum Gasteiger partial charge on any atom is -0.298 e. The van der Waals surface area contributed by atoms with E-state index in [0.29, 0.717) is 11.3 Å². The third-order valence-electron chi connectivity index (χ3n) is 3.17. The molecule has 0 aliphatic carbocycles. The molecule has 4 heteroatoms. The zero-order chi connectivity index (χ0) is 13.9. The number of pyridine rings is 1. The molecule has 98 valence electrons. The normalized spacial score (nSPS) is 10.4. The zero-order valence-corrected chi connectivity index (χ0v) is 11.0. The van der Waals surface area contributed by atoms with Crippen LogP contribution in [0.25, 0.3) is 16.9 Å². The van der Waals surface area contributed by atoms with Crippen molar-refractivity contribution >= 4 is 6.29 Å². The molecule has 0 radical (unpaired) electrons. The van der Waals surface area contributed by atoms with Gasteiger partial charge in [-0.25, -0.2) is 4.68 Å². The molecule has 0 bridgehead atoms. The Labute approximate surface area is 116 Å². The maximum atomic E-state index is 11.3. The van der Waals surface area contributed by atoms with Crippen molar-refractivity contribution in [2.75, 3.05) is 0 Å². The van der Waals surface area contributed by atoms with E-state index in [1.807, 2.05) is 43.3 Å². The Morgan fingerprint density at radius 2 is 2.00 bits per heavy atom. The summed E-state index contributed by atoms with van der Waals surface area (Å²) >= 11 is 0. The minimum atomic E-state index is 0.557. The highest BCUT2D eigenvalue weighted by atomic mass is 16.1. The number of para-hydroxylation sites is 1. The van der Waals surface area contributed by atoms with Gasteiger partial charge in [0.2, 0.25) is 0 Å². The summed E-state index contributed by atoms with van der Waals surface area (Å²) < 4.78 is 1.74. The zero-order valence-electron chi connectivity index (χ0n) is 11.0. The van der Waals surface area contributed by atoms with Crippen molar-refractivity contribution in [3.63, 3.8) is 0 Å². The fraction of sp³-hybridized carbons (Fsp3) is 0.0625. The van der Waals surface area contributed by atoms with Gasteiger partial charge >= 0.3 is 0 Å². The van der Waals surface area contributed by atoms with Crippen molar-refractivity contribution in [2.24, 2.45) is 0 Å². The van der Waals surface area contributed by atoms with Gasteiger partial charge in [-0.05, 0) is 30.7 Å². The molecule has 0 amide bonds. The monoisotopic (exact) mass is 263 g/mol. The number of carbonyl (C=O) groups is 1. The standard InChI is InChI=1S/C16H13N3O/c1-12-5-2-3-7-15(12)19-10-14(11-20)16(18-19)13-6-4-8-17-9-13/h2-11H,1H3. The molecule has 0 N–H and O–H groups in total. The van der Waals surface area contributed by atoms with E-state index in [1.54, 1.807) is 23.3 Å². The molecule has 3 rings (SSSR count). The smallest absolute Gasteiger partial charge is 0.153 e. The topological polar surface area (TPSA) is 47.8 Å². The van der Waals surface area contributed by atoms with Crippen LogP contribution in [0.15, 0.2) is 55.0 Å². The number of carbonyl (C=O) groups excluding carboxylic acids is 1. The first-order valence-corrected chi connectivity index (χ1v) is 6.31. The molecular formula is C16H13N3O. The molecule has 20 heavy (non-hydrogen) atoms. The molecule has 0 fully saturated rings. The van der Waals surface area contributed by atoms with Crippen LogP contribution in [0.5, 0.6) is 0 Å². The van der Waals surface area contributed by atoms with Gasteiger partial charge in [0, 0.05) is 24.2 Å². The second-order valence-corrected chi connectivity index (χ2v) is 4.52. The van der Waals surface area contributed by atoms with Crippen molar-refractivity contribution in [3.05, 3.63) is 66.1 Å². The highest BCUT2D eigenvalue weighted by Gasteiger charge is 2.12. The number of hydrogen-bond acceptors (Lipinski definition) is 3. The fourth-order valence-electron chi connectivity index (χ4n) is 2.14. The van der Waals surface area contributed by atoms with Gasteiger partial charge in [0.15, 0.2) is 6.29 Å². The van der Waals surface area contributed by atoms with Crippen molar-refractivity contribution in [1.82, 2.24) is 14.8 Å². The SMILES string of the molecule is Cc1ccccc1-n1cc(C=O)c(-c2cccnc2)n1. The maximum absolute atomic E-state index is 11.3. The number of aromatic nitrogens is 3. The summed E-state index contributed by atoms with van der Waals surface area (Å²) in [5.41, 5.74) is 4.11. The predicted octanol–water partition coefficient (Wildman–Crippen LogP) is 3.06. The Morgan fingerprint density at radius 1 is 1.15 bits per heavy atom. The molecule has 0 saturated carbocycles. The Bertz CT molecular complexity index is 747. The molecule has 0 unspecified atom stereocenters. The van der Waals surface area contributed by atoms with Crippen LogP contribution in [-0.4, -0.2) is 21.1 Å². The van der Waals surface area contributed by atoms with Crippen molar-refractivity contribution in [3.8, 4) is 16.9 Å². The number of rotatable bonds is 3. The van der Waals surface area contributed by atoms with Crippen molar-refractivity contribution < 1.29 is 4.79 Å². The maximum Gasteiger partial charge on any atom is 0.153 e. The second kappa shape index (κ2) is 5.09. The summed E-state index contributed by atoms with van der Waals surface area (Å²) in [6.07, 6.45) is 5.97. The van der Waals surface area contributed by atoms with Crippen LogP contribution in [0.3, 0.4) is 0 Å². The van der Waals surface area contributed by atoms with Gasteiger partial charge in [0.05, 0.1) is 11.3 Å². The second-order valence-electron chi connectivity index (χ2n) is 4.52. The number of aryl methyl sites for hydroxylation is 1. The number of hydrogen-bond donors (Lipinski definition) is 0. The van der Waals surface area contributed by atoms with Gasteiger partial charge in [-0.15, -0.1) is 0 Å². The van der Waals surface area contributed by atoms with Gasteiger partial charge in [0.25, 0.3) is 0 Å². The molecule has 4 nitrogen and oxygen atoms in total. The average Bonchev–Trinajstić information content (AvgIpc) is 2.92. The molecule has 2 heterocycles. The van der Waals surface area contributed by atoms with E-state index in [9.17, 15) is 4.79 Å². The van der Waals surface area contributed by atoms with E-state index in [4.69, 9.17) is 0 Å². The Morgan fingerprint density at radius 3 is 2.70 bits per heavy atom. The first kappa shape index (κ1) is 12.3. The van der Waals surface area contributed by atoms with Crippen LogP contribution in [0.2, 0.25) is 0 Å². The van der Waals surface area contributed by atoms with E-state index < -0.39 is 0 Å². The molecule has 3 aromatic rings. The van der Waals surface area contributed by atoms with Gasteiger partial charge < -0.3 is 0 Å². The summed E-state index contributed by atoms with van der Waals surface area (Å²) in [5, 5.41) is 4.53. The Balaban J connectivity index is 2.15. The lowest BCUT2D eigenvalue weighted by molar-refractivity contribution is 0.112. The van der Waals surface area contributed by atoms with Gasteiger partial charge in [-0.3, -0.25) is 9.78 Å². The van der Waals surface area contributed by atoms with E-state index in [1.165, 1.54) is 0 Å². The Kier molecular flexibility index (Phi) is 3.13. The van der Waals surface area contributed by atoms with Crippen LogP contribution in [0, 0.1) is 6.92 Å². The first-order chi connectivity index (χ1) is 9.79. The number of nitrogens with zero attached hydrogens (tertiary/aromatic N) is 3. The van der Waals surface area contributed by atoms with Crippen LogP contribution in [-0.2, 0) is 0 Å². The molecule has 0 spiro atoms. The van der Waals surface area contributed by atoms with Crippen molar-refractivity contribution in [1.29, 1.82) is 0 Å². The summed E-state index contributed by atoms with van der Waals surface area (Å²) in [6, 6.07) is 11.6. The summed E-state index contributed by atoms with van der Waals surface area (Å²) in [7, 11) is 0. The highest BCUT2D eigenvalue weighted by Crippen LogP contribution is 2.22. The third-order valence-corrected chi connectivity index (χ3v) is 3.17. The quantitative estimate of drug-likeness (QED) is 0.682. The predicted molar refractivity (Wildman–Crippen MR) is 76.9 cm³/mol. The van der Waals surface area contributed by atoms with E-state index >= 15 is 0 Å². The number of benzene rings is 1. The molecule has 0 saturated heterocycles. The summed E-state index contributed by atoms with van der Waals surface area (Å²) in [6.45, 7) is 2.02. The Hall–Kier alpha value is -2.75. The van der Waals surface area contributed by atoms with Gasteiger partial charge in [-0.1, -0.05) is 18.2 Å². The molecule has 0 atom stereocenters. The summed E-state index contributed by atoms with van der Waals surface area (Å²) in [5.74, 6) is 0. The van der Waals surface area contributed by atoms with Crippen LogP contribution in [0.4, 0.5) is 0 Å². The minimum absolute atomic E-state index is 0.557. The summed E-state index contributed by atoms with van der Waals surface area (Å²) in [4.78, 5) is 15.3. The lowest BCUT2D eigenvalue weighted by Gasteiger charge is -2.04. The number of aldehydes is 1. The highest BCUT2D eigenvalue weighted by molar-refractivity contribution is 5.85.